The van der Waals surface area contributed by atoms with Crippen LogP contribution in [-0.2, 0) is 11.2 Å². The fraction of sp³-hybridized carbons (Fsp3) is 0.357. The first-order valence-corrected chi connectivity index (χ1v) is 12.6. The standard InChI is InChI=1S/C28H32N6O2/c1-3-4-18-13-14-30-23(17-18)32-28(35)21-7-5-19(6-8-21)24-25-26(29)31-15-16-34(25)27(33-24)20-9-11-22(36-2)12-10-20/h5-8,13-17,20,22H,3-4,9-12H2,1-2H3,(H2,29,31)(H,30,32,35). The molecule has 0 radical (unpaired) electrons. The Kier molecular flexibility index (Phi) is 6.95. The van der Waals surface area contributed by atoms with E-state index >= 15 is 0 Å². The first-order chi connectivity index (χ1) is 17.6. The number of aromatic nitrogens is 4. The van der Waals surface area contributed by atoms with Gasteiger partial charge in [-0.15, -0.1) is 0 Å². The molecule has 0 spiro atoms. The van der Waals surface area contributed by atoms with Crippen LogP contribution in [0.25, 0.3) is 16.8 Å². The first kappa shape index (κ1) is 23.9. The smallest absolute Gasteiger partial charge is 0.256 e. The number of aryl methyl sites for hydroxylation is 1. The second-order valence-electron chi connectivity index (χ2n) is 9.39. The summed E-state index contributed by atoms with van der Waals surface area (Å²) < 4.78 is 7.62. The molecule has 8 nitrogen and oxygen atoms in total. The number of anilines is 2. The summed E-state index contributed by atoms with van der Waals surface area (Å²) in [6, 6.07) is 11.3. The topological polar surface area (TPSA) is 107 Å². The molecule has 186 valence electrons. The van der Waals surface area contributed by atoms with Gasteiger partial charge in [-0.3, -0.25) is 9.20 Å². The molecule has 1 amide bonds. The Morgan fingerprint density at radius 3 is 2.61 bits per heavy atom. The third kappa shape index (κ3) is 4.81. The van der Waals surface area contributed by atoms with Gasteiger partial charge in [-0.1, -0.05) is 25.5 Å². The first-order valence-electron chi connectivity index (χ1n) is 12.6. The Balaban J connectivity index is 1.41. The molecule has 3 N–H and O–H groups in total. The van der Waals surface area contributed by atoms with Crippen molar-refractivity contribution in [2.24, 2.45) is 0 Å². The minimum absolute atomic E-state index is 0.200. The van der Waals surface area contributed by atoms with Crippen molar-refractivity contribution >= 4 is 23.1 Å². The molecule has 0 aliphatic heterocycles. The lowest BCUT2D eigenvalue weighted by molar-refractivity contribution is 0.0650. The summed E-state index contributed by atoms with van der Waals surface area (Å²) in [5.41, 5.74) is 10.5. The number of hydrogen-bond donors (Lipinski definition) is 2. The number of nitrogens with two attached hydrogens (primary N) is 1. The highest BCUT2D eigenvalue weighted by atomic mass is 16.5. The van der Waals surface area contributed by atoms with Crippen molar-refractivity contribution in [3.05, 3.63) is 71.9 Å². The van der Waals surface area contributed by atoms with Gasteiger partial charge in [0.15, 0.2) is 0 Å². The number of benzene rings is 1. The summed E-state index contributed by atoms with van der Waals surface area (Å²) in [4.78, 5) is 26.5. The average molecular weight is 485 g/mol. The zero-order valence-corrected chi connectivity index (χ0v) is 20.8. The van der Waals surface area contributed by atoms with Gasteiger partial charge < -0.3 is 15.8 Å². The third-order valence-corrected chi connectivity index (χ3v) is 7.01. The van der Waals surface area contributed by atoms with E-state index in [1.165, 1.54) is 0 Å². The van der Waals surface area contributed by atoms with E-state index in [0.717, 1.165) is 66.7 Å². The summed E-state index contributed by atoms with van der Waals surface area (Å²) in [6.07, 6.45) is 11.8. The molecular formula is C28H32N6O2. The molecule has 0 unspecified atom stereocenters. The van der Waals surface area contributed by atoms with Crippen molar-refractivity contribution in [1.82, 2.24) is 19.4 Å². The number of amides is 1. The second kappa shape index (κ2) is 10.5. The van der Waals surface area contributed by atoms with E-state index in [1.54, 1.807) is 19.5 Å². The summed E-state index contributed by atoms with van der Waals surface area (Å²) in [6.45, 7) is 2.13. The maximum absolute atomic E-state index is 12.8. The number of nitrogen functional groups attached to an aromatic ring is 1. The number of hydrogen-bond acceptors (Lipinski definition) is 6. The second-order valence-corrected chi connectivity index (χ2v) is 9.39. The maximum Gasteiger partial charge on any atom is 0.256 e. The van der Waals surface area contributed by atoms with Crippen LogP contribution in [0.5, 0.6) is 0 Å². The number of rotatable bonds is 7. The molecule has 0 saturated heterocycles. The van der Waals surface area contributed by atoms with Gasteiger partial charge in [-0.25, -0.2) is 15.0 Å². The molecule has 8 heteroatoms. The molecule has 3 aromatic heterocycles. The fourth-order valence-electron chi connectivity index (χ4n) is 5.09. The van der Waals surface area contributed by atoms with E-state index in [0.29, 0.717) is 29.2 Å². The van der Waals surface area contributed by atoms with Crippen molar-refractivity contribution in [3.63, 3.8) is 0 Å². The van der Waals surface area contributed by atoms with Crippen LogP contribution in [0.4, 0.5) is 11.6 Å². The van der Waals surface area contributed by atoms with Gasteiger partial charge >= 0.3 is 0 Å². The molecule has 1 aliphatic carbocycles. The van der Waals surface area contributed by atoms with Crippen LogP contribution in [0.1, 0.15) is 66.7 Å². The van der Waals surface area contributed by atoms with Crippen molar-refractivity contribution in [1.29, 1.82) is 0 Å². The quantitative estimate of drug-likeness (QED) is 0.371. The van der Waals surface area contributed by atoms with E-state index in [9.17, 15) is 4.79 Å². The molecule has 1 saturated carbocycles. The van der Waals surface area contributed by atoms with Crippen molar-refractivity contribution < 1.29 is 9.53 Å². The normalized spacial score (nSPS) is 17.8. The molecule has 36 heavy (non-hydrogen) atoms. The highest BCUT2D eigenvalue weighted by molar-refractivity contribution is 6.04. The Labute approximate surface area is 210 Å². The van der Waals surface area contributed by atoms with Crippen LogP contribution in [0, 0.1) is 0 Å². The number of carbonyl (C=O) groups excluding carboxylic acids is 1. The summed E-state index contributed by atoms with van der Waals surface area (Å²) in [5, 5.41) is 2.90. The maximum atomic E-state index is 12.8. The van der Waals surface area contributed by atoms with Crippen molar-refractivity contribution in [3.8, 4) is 11.3 Å². The number of nitrogens with one attached hydrogen (secondary N) is 1. The Bertz CT molecular complexity index is 1360. The number of fused-ring (bicyclic) bond motifs is 1. The zero-order chi connectivity index (χ0) is 25.1. The molecule has 0 atom stereocenters. The van der Waals surface area contributed by atoms with Crippen LogP contribution >= 0.6 is 0 Å². The van der Waals surface area contributed by atoms with Crippen LogP contribution in [0.15, 0.2) is 55.0 Å². The summed E-state index contributed by atoms with van der Waals surface area (Å²) in [5.74, 6) is 2.14. The minimum atomic E-state index is -0.200. The number of carbonyl (C=O) groups is 1. The molecular weight excluding hydrogens is 452 g/mol. The number of nitrogens with zero attached hydrogens (tertiary/aromatic N) is 4. The van der Waals surface area contributed by atoms with Crippen LogP contribution in [0.3, 0.4) is 0 Å². The minimum Gasteiger partial charge on any atom is -0.382 e. The van der Waals surface area contributed by atoms with Crippen LogP contribution in [-0.4, -0.2) is 38.5 Å². The Morgan fingerprint density at radius 1 is 1.11 bits per heavy atom. The number of methoxy groups -OCH3 is 1. The SMILES string of the molecule is CCCc1ccnc(NC(=O)c2ccc(-c3nc(C4CCC(OC)CC4)n4ccnc(N)c34)cc2)c1. The van der Waals surface area contributed by atoms with Gasteiger partial charge in [0, 0.05) is 42.7 Å². The number of ether oxygens (including phenoxy) is 1. The lowest BCUT2D eigenvalue weighted by Gasteiger charge is -2.26. The molecule has 1 fully saturated rings. The van der Waals surface area contributed by atoms with Crippen LogP contribution in [0.2, 0.25) is 0 Å². The summed E-state index contributed by atoms with van der Waals surface area (Å²) in [7, 11) is 1.78. The van der Waals surface area contributed by atoms with Gasteiger partial charge in [0.2, 0.25) is 0 Å². The lowest BCUT2D eigenvalue weighted by Crippen LogP contribution is -2.20. The highest BCUT2D eigenvalue weighted by Gasteiger charge is 2.27. The predicted molar refractivity (Wildman–Crippen MR) is 141 cm³/mol. The third-order valence-electron chi connectivity index (χ3n) is 7.01. The van der Waals surface area contributed by atoms with E-state index < -0.39 is 0 Å². The van der Waals surface area contributed by atoms with Crippen molar-refractivity contribution in [2.45, 2.75) is 57.5 Å². The molecule has 3 heterocycles. The molecule has 0 bridgehead atoms. The lowest BCUT2D eigenvalue weighted by atomic mass is 9.87. The van der Waals surface area contributed by atoms with Gasteiger partial charge in [0.25, 0.3) is 5.91 Å². The Hall–Kier alpha value is -3.78. The van der Waals surface area contributed by atoms with Gasteiger partial charge in [0.1, 0.15) is 28.7 Å². The largest absolute Gasteiger partial charge is 0.382 e. The van der Waals surface area contributed by atoms with Gasteiger partial charge in [-0.05, 0) is 61.9 Å². The highest BCUT2D eigenvalue weighted by Crippen LogP contribution is 2.37. The van der Waals surface area contributed by atoms with E-state index in [4.69, 9.17) is 15.5 Å². The van der Waals surface area contributed by atoms with Gasteiger partial charge in [-0.2, -0.15) is 0 Å². The van der Waals surface area contributed by atoms with Crippen LogP contribution < -0.4 is 11.1 Å². The summed E-state index contributed by atoms with van der Waals surface area (Å²) >= 11 is 0. The predicted octanol–water partition coefficient (Wildman–Crippen LogP) is 5.25. The van der Waals surface area contributed by atoms with Gasteiger partial charge in [0.05, 0.1) is 6.10 Å². The monoisotopic (exact) mass is 484 g/mol. The molecule has 5 rings (SSSR count). The van der Waals surface area contributed by atoms with E-state index in [1.807, 2.05) is 42.6 Å². The zero-order valence-electron chi connectivity index (χ0n) is 20.8. The molecule has 1 aliphatic rings. The number of imidazole rings is 1. The molecule has 4 aromatic rings. The average Bonchev–Trinajstić information content (AvgIpc) is 3.30. The van der Waals surface area contributed by atoms with Crippen molar-refractivity contribution in [2.75, 3.05) is 18.2 Å². The molecule has 1 aromatic carbocycles. The van der Waals surface area contributed by atoms with E-state index in [-0.39, 0.29) is 5.91 Å². The van der Waals surface area contributed by atoms with E-state index in [2.05, 4.69) is 26.6 Å². The Morgan fingerprint density at radius 2 is 1.89 bits per heavy atom. The fourth-order valence-corrected chi connectivity index (χ4v) is 5.09. The number of pyridine rings is 1.